The predicted molar refractivity (Wildman–Crippen MR) is 95.8 cm³/mol. The van der Waals surface area contributed by atoms with E-state index in [1.165, 1.54) is 0 Å². The summed E-state index contributed by atoms with van der Waals surface area (Å²) in [5.41, 5.74) is 0. The van der Waals surface area contributed by atoms with Crippen LogP contribution in [0.4, 0.5) is 0 Å². The van der Waals surface area contributed by atoms with Gasteiger partial charge in [0.15, 0.2) is 17.6 Å². The van der Waals surface area contributed by atoms with Crippen molar-refractivity contribution in [3.63, 3.8) is 0 Å². The number of para-hydroxylation sites is 2. The molecular formula is C19H21NO3S. The zero-order valence-corrected chi connectivity index (χ0v) is 14.7. The van der Waals surface area contributed by atoms with Gasteiger partial charge in [0.05, 0.1) is 11.8 Å². The summed E-state index contributed by atoms with van der Waals surface area (Å²) in [4.78, 5) is 15.4. The van der Waals surface area contributed by atoms with E-state index in [4.69, 9.17) is 9.47 Å². The van der Waals surface area contributed by atoms with Crippen molar-refractivity contribution in [1.82, 2.24) is 4.90 Å². The zero-order valence-electron chi connectivity index (χ0n) is 13.8. The zero-order chi connectivity index (χ0) is 16.9. The molecule has 0 bridgehead atoms. The van der Waals surface area contributed by atoms with Crippen molar-refractivity contribution in [3.8, 4) is 11.5 Å². The first-order valence-electron chi connectivity index (χ1n) is 7.98. The second-order valence-electron chi connectivity index (χ2n) is 5.79. The highest BCUT2D eigenvalue weighted by atomic mass is 32.2. The maximum Gasteiger partial charge on any atom is 0.235 e. The van der Waals surface area contributed by atoms with Crippen LogP contribution < -0.4 is 9.47 Å². The highest BCUT2D eigenvalue weighted by molar-refractivity contribution is 8.00. The van der Waals surface area contributed by atoms with E-state index < -0.39 is 0 Å². The van der Waals surface area contributed by atoms with E-state index in [1.807, 2.05) is 68.6 Å². The Labute approximate surface area is 146 Å². The number of likely N-dealkylation sites (N-methyl/N-ethyl adjacent to an activating group) is 1. The van der Waals surface area contributed by atoms with E-state index in [0.717, 1.165) is 16.4 Å². The van der Waals surface area contributed by atoms with Crippen molar-refractivity contribution in [2.45, 2.75) is 23.2 Å². The number of carbonyl (C=O) groups is 1. The Kier molecular flexibility index (Phi) is 5.30. The lowest BCUT2D eigenvalue weighted by Crippen LogP contribution is -2.44. The van der Waals surface area contributed by atoms with Crippen LogP contribution in [-0.2, 0) is 4.79 Å². The first-order chi connectivity index (χ1) is 11.6. The molecule has 126 valence electrons. The van der Waals surface area contributed by atoms with Crippen LogP contribution in [0.3, 0.4) is 0 Å². The number of benzene rings is 2. The molecule has 2 aromatic carbocycles. The second-order valence-corrected chi connectivity index (χ2v) is 7.20. The lowest BCUT2D eigenvalue weighted by molar-refractivity contribution is -0.130. The maximum absolute atomic E-state index is 12.6. The number of ether oxygens (including phenoxy) is 2. The van der Waals surface area contributed by atoms with E-state index in [2.05, 4.69) is 0 Å². The van der Waals surface area contributed by atoms with Crippen LogP contribution in [-0.4, -0.2) is 42.4 Å². The summed E-state index contributed by atoms with van der Waals surface area (Å²) in [6.45, 7) is 2.89. The van der Waals surface area contributed by atoms with Gasteiger partial charge in [-0.15, -0.1) is 11.8 Å². The van der Waals surface area contributed by atoms with Gasteiger partial charge in [-0.05, 0) is 31.2 Å². The lowest BCUT2D eigenvalue weighted by atomic mass is 10.2. The van der Waals surface area contributed by atoms with Gasteiger partial charge >= 0.3 is 0 Å². The predicted octanol–water partition coefficient (Wildman–Crippen LogP) is 3.47. The SMILES string of the molecule is CC(Sc1ccccc1)C(=O)N(C)CC1COc2ccccc2O1. The van der Waals surface area contributed by atoms with Crippen LogP contribution in [0, 0.1) is 0 Å². The molecule has 0 saturated heterocycles. The summed E-state index contributed by atoms with van der Waals surface area (Å²) in [6.07, 6.45) is -0.150. The number of nitrogens with zero attached hydrogens (tertiary/aromatic N) is 1. The van der Waals surface area contributed by atoms with Crippen molar-refractivity contribution in [2.24, 2.45) is 0 Å². The minimum Gasteiger partial charge on any atom is -0.486 e. The molecule has 1 heterocycles. The minimum atomic E-state index is -0.150. The van der Waals surface area contributed by atoms with Crippen molar-refractivity contribution in [2.75, 3.05) is 20.2 Å². The Morgan fingerprint density at radius 3 is 2.58 bits per heavy atom. The fourth-order valence-corrected chi connectivity index (χ4v) is 3.62. The molecule has 0 spiro atoms. The molecule has 24 heavy (non-hydrogen) atoms. The fourth-order valence-electron chi connectivity index (χ4n) is 2.61. The first-order valence-corrected chi connectivity index (χ1v) is 8.86. The maximum atomic E-state index is 12.6. The van der Waals surface area contributed by atoms with E-state index >= 15 is 0 Å². The summed E-state index contributed by atoms with van der Waals surface area (Å²) in [5.74, 6) is 1.59. The number of carbonyl (C=O) groups excluding carboxylic acids is 1. The van der Waals surface area contributed by atoms with Crippen LogP contribution in [0.25, 0.3) is 0 Å². The smallest absolute Gasteiger partial charge is 0.235 e. The molecule has 2 aromatic rings. The van der Waals surface area contributed by atoms with Crippen LogP contribution in [0.1, 0.15) is 6.92 Å². The third kappa shape index (κ3) is 4.03. The van der Waals surface area contributed by atoms with E-state index in [9.17, 15) is 4.79 Å². The Morgan fingerprint density at radius 2 is 1.83 bits per heavy atom. The third-order valence-corrected chi connectivity index (χ3v) is 4.92. The van der Waals surface area contributed by atoms with Gasteiger partial charge in [0, 0.05) is 11.9 Å². The standard InChI is InChI=1S/C19H21NO3S/c1-14(24-16-8-4-3-5-9-16)19(21)20(2)12-15-13-22-17-10-6-7-11-18(17)23-15/h3-11,14-15H,12-13H2,1-2H3. The Balaban J connectivity index is 1.55. The molecule has 2 unspecified atom stereocenters. The van der Waals surface area contributed by atoms with Crippen molar-refractivity contribution in [3.05, 3.63) is 54.6 Å². The number of hydrogen-bond acceptors (Lipinski definition) is 4. The van der Waals surface area contributed by atoms with Gasteiger partial charge in [-0.1, -0.05) is 30.3 Å². The highest BCUT2D eigenvalue weighted by Crippen LogP contribution is 2.31. The summed E-state index contributed by atoms with van der Waals surface area (Å²) in [5, 5.41) is -0.144. The molecule has 3 rings (SSSR count). The van der Waals surface area contributed by atoms with Gasteiger partial charge in [0.25, 0.3) is 0 Å². The topological polar surface area (TPSA) is 38.8 Å². The summed E-state index contributed by atoms with van der Waals surface area (Å²) in [6, 6.07) is 17.6. The molecule has 4 nitrogen and oxygen atoms in total. The molecule has 1 aliphatic rings. The molecule has 0 radical (unpaired) electrons. The third-order valence-electron chi connectivity index (χ3n) is 3.83. The van der Waals surface area contributed by atoms with Crippen molar-refractivity contribution in [1.29, 1.82) is 0 Å². The second kappa shape index (κ2) is 7.62. The van der Waals surface area contributed by atoms with Gasteiger partial charge in [0.1, 0.15) is 6.61 Å². The van der Waals surface area contributed by atoms with Crippen LogP contribution >= 0.6 is 11.8 Å². The molecule has 5 heteroatoms. The van der Waals surface area contributed by atoms with Gasteiger partial charge < -0.3 is 14.4 Å². The number of thioether (sulfide) groups is 1. The molecule has 0 fully saturated rings. The monoisotopic (exact) mass is 343 g/mol. The molecule has 2 atom stereocenters. The number of hydrogen-bond donors (Lipinski definition) is 0. The lowest BCUT2D eigenvalue weighted by Gasteiger charge is -2.30. The Hall–Kier alpha value is -2.14. The Bertz CT molecular complexity index is 692. The largest absolute Gasteiger partial charge is 0.486 e. The van der Waals surface area contributed by atoms with Crippen molar-refractivity contribution >= 4 is 17.7 Å². The Morgan fingerprint density at radius 1 is 1.17 bits per heavy atom. The number of amides is 1. The highest BCUT2D eigenvalue weighted by Gasteiger charge is 2.26. The molecule has 1 amide bonds. The molecular weight excluding hydrogens is 322 g/mol. The van der Waals surface area contributed by atoms with Crippen LogP contribution in [0.15, 0.2) is 59.5 Å². The molecule has 0 N–H and O–H groups in total. The quantitative estimate of drug-likeness (QED) is 0.779. The minimum absolute atomic E-state index is 0.0892. The van der Waals surface area contributed by atoms with Crippen molar-refractivity contribution < 1.29 is 14.3 Å². The molecule has 0 aromatic heterocycles. The van der Waals surface area contributed by atoms with Gasteiger partial charge in [-0.3, -0.25) is 4.79 Å². The summed E-state index contributed by atoms with van der Waals surface area (Å²) < 4.78 is 11.6. The van der Waals surface area contributed by atoms with E-state index in [1.54, 1.807) is 16.7 Å². The molecule has 1 aliphatic heterocycles. The molecule has 0 saturated carbocycles. The first kappa shape index (κ1) is 16.7. The number of rotatable bonds is 5. The van der Waals surface area contributed by atoms with E-state index in [-0.39, 0.29) is 17.3 Å². The van der Waals surface area contributed by atoms with Gasteiger partial charge in [0.2, 0.25) is 5.91 Å². The summed E-state index contributed by atoms with van der Waals surface area (Å²) in [7, 11) is 1.81. The molecule has 0 aliphatic carbocycles. The van der Waals surface area contributed by atoms with Gasteiger partial charge in [-0.25, -0.2) is 0 Å². The fraction of sp³-hybridized carbons (Fsp3) is 0.316. The van der Waals surface area contributed by atoms with E-state index in [0.29, 0.717) is 13.2 Å². The normalized spacial score (nSPS) is 17.2. The summed E-state index contributed by atoms with van der Waals surface area (Å²) >= 11 is 1.57. The number of fused-ring (bicyclic) bond motifs is 1. The van der Waals surface area contributed by atoms with Crippen LogP contribution in [0.2, 0.25) is 0 Å². The average Bonchev–Trinajstić information content (AvgIpc) is 2.61. The average molecular weight is 343 g/mol. The van der Waals surface area contributed by atoms with Crippen LogP contribution in [0.5, 0.6) is 11.5 Å². The van der Waals surface area contributed by atoms with Gasteiger partial charge in [-0.2, -0.15) is 0 Å².